The van der Waals surface area contributed by atoms with Gasteiger partial charge in [-0.1, -0.05) is 19.9 Å². The van der Waals surface area contributed by atoms with Gasteiger partial charge in [0.15, 0.2) is 0 Å². The summed E-state index contributed by atoms with van der Waals surface area (Å²) in [6.45, 7) is 11.0. The summed E-state index contributed by atoms with van der Waals surface area (Å²) in [7, 11) is 0. The normalized spacial score (nSPS) is 13.0. The smallest absolute Gasteiger partial charge is 0.0347 e. The molecule has 1 N–H and O–H groups in total. The number of nitrogens with one attached hydrogen (secondary N) is 1. The van der Waals surface area contributed by atoms with Crippen LogP contribution < -0.4 is 5.32 Å². The Kier molecular flexibility index (Phi) is 3.56. The second-order valence-electron chi connectivity index (χ2n) is 4.55. The molecule has 1 heteroatoms. The van der Waals surface area contributed by atoms with E-state index in [1.807, 2.05) is 0 Å². The number of hydrogen-bond donors (Lipinski definition) is 1. The molecule has 1 rings (SSSR count). The zero-order chi connectivity index (χ0) is 10.7. The van der Waals surface area contributed by atoms with Crippen molar-refractivity contribution in [1.82, 2.24) is 0 Å². The SMILES string of the molecule is Cc1cc(C)cc(N[C@@H](C)C(C)C)c1. The fraction of sp³-hybridized carbons (Fsp3) is 0.538. The molecule has 0 bridgehead atoms. The van der Waals surface area contributed by atoms with Gasteiger partial charge >= 0.3 is 0 Å². The number of hydrogen-bond acceptors (Lipinski definition) is 1. The van der Waals surface area contributed by atoms with E-state index < -0.39 is 0 Å². The van der Waals surface area contributed by atoms with E-state index in [9.17, 15) is 0 Å². The van der Waals surface area contributed by atoms with Crippen LogP contribution in [0.4, 0.5) is 5.69 Å². The van der Waals surface area contributed by atoms with Crippen molar-refractivity contribution < 1.29 is 0 Å². The maximum absolute atomic E-state index is 3.52. The third kappa shape index (κ3) is 3.06. The van der Waals surface area contributed by atoms with Crippen LogP contribution >= 0.6 is 0 Å². The molecular formula is C13H21N. The molecule has 1 atom stereocenters. The van der Waals surface area contributed by atoms with Gasteiger partial charge in [-0.05, 0) is 49.9 Å². The molecule has 0 aliphatic rings. The molecule has 0 aliphatic heterocycles. The van der Waals surface area contributed by atoms with Gasteiger partial charge in [0.25, 0.3) is 0 Å². The van der Waals surface area contributed by atoms with Crippen LogP contribution in [-0.4, -0.2) is 6.04 Å². The molecule has 0 aliphatic carbocycles. The predicted molar refractivity (Wildman–Crippen MR) is 63.8 cm³/mol. The number of aryl methyl sites for hydroxylation is 2. The molecule has 14 heavy (non-hydrogen) atoms. The van der Waals surface area contributed by atoms with Crippen LogP contribution in [0.25, 0.3) is 0 Å². The Hall–Kier alpha value is -0.980. The van der Waals surface area contributed by atoms with Crippen molar-refractivity contribution in [2.75, 3.05) is 5.32 Å². The Morgan fingerprint density at radius 2 is 1.43 bits per heavy atom. The number of benzene rings is 1. The highest BCUT2D eigenvalue weighted by atomic mass is 14.9. The van der Waals surface area contributed by atoms with Crippen molar-refractivity contribution in [3.05, 3.63) is 29.3 Å². The lowest BCUT2D eigenvalue weighted by molar-refractivity contribution is 0.560. The first-order valence-electron chi connectivity index (χ1n) is 5.34. The Bertz CT molecular complexity index is 282. The molecule has 0 saturated carbocycles. The van der Waals surface area contributed by atoms with Gasteiger partial charge in [0.05, 0.1) is 0 Å². The monoisotopic (exact) mass is 191 g/mol. The average Bonchev–Trinajstić information content (AvgIpc) is 2.01. The molecule has 0 fully saturated rings. The minimum atomic E-state index is 0.524. The van der Waals surface area contributed by atoms with E-state index in [4.69, 9.17) is 0 Å². The third-order valence-corrected chi connectivity index (χ3v) is 2.62. The van der Waals surface area contributed by atoms with Crippen molar-refractivity contribution in [3.63, 3.8) is 0 Å². The molecule has 0 aromatic heterocycles. The van der Waals surface area contributed by atoms with Crippen LogP contribution in [0.3, 0.4) is 0 Å². The molecule has 1 aromatic carbocycles. The summed E-state index contributed by atoms with van der Waals surface area (Å²) in [5.74, 6) is 0.663. The molecule has 0 unspecified atom stereocenters. The lowest BCUT2D eigenvalue weighted by Crippen LogP contribution is -2.21. The van der Waals surface area contributed by atoms with Crippen molar-refractivity contribution in [1.29, 1.82) is 0 Å². The minimum absolute atomic E-state index is 0.524. The van der Waals surface area contributed by atoms with Gasteiger partial charge in [0.1, 0.15) is 0 Å². The van der Waals surface area contributed by atoms with Crippen molar-refractivity contribution in [2.45, 2.75) is 40.7 Å². The Morgan fingerprint density at radius 1 is 0.929 bits per heavy atom. The highest BCUT2D eigenvalue weighted by molar-refractivity contribution is 5.48. The van der Waals surface area contributed by atoms with Crippen LogP contribution in [0.1, 0.15) is 31.9 Å². The summed E-state index contributed by atoms with van der Waals surface area (Å²) >= 11 is 0. The standard InChI is InChI=1S/C13H21N/c1-9(2)12(5)14-13-7-10(3)6-11(4)8-13/h6-9,12,14H,1-5H3/t12-/m0/s1. The first-order chi connectivity index (χ1) is 6.49. The Labute approximate surface area is 87.5 Å². The second kappa shape index (κ2) is 4.50. The lowest BCUT2D eigenvalue weighted by Gasteiger charge is -2.19. The summed E-state index contributed by atoms with van der Waals surface area (Å²) in [4.78, 5) is 0. The first-order valence-corrected chi connectivity index (χ1v) is 5.34. The van der Waals surface area contributed by atoms with Gasteiger partial charge in [-0.3, -0.25) is 0 Å². The lowest BCUT2D eigenvalue weighted by atomic mass is 10.1. The quantitative estimate of drug-likeness (QED) is 0.767. The van der Waals surface area contributed by atoms with E-state index in [1.54, 1.807) is 0 Å². The van der Waals surface area contributed by atoms with Crippen molar-refractivity contribution >= 4 is 5.69 Å². The topological polar surface area (TPSA) is 12.0 Å². The van der Waals surface area contributed by atoms with E-state index in [0.717, 1.165) is 0 Å². The molecule has 1 nitrogen and oxygen atoms in total. The molecule has 0 radical (unpaired) electrons. The fourth-order valence-electron chi connectivity index (χ4n) is 1.49. The van der Waals surface area contributed by atoms with Crippen LogP contribution in [-0.2, 0) is 0 Å². The van der Waals surface area contributed by atoms with Crippen LogP contribution in [0, 0.1) is 19.8 Å². The highest BCUT2D eigenvalue weighted by Crippen LogP contribution is 2.16. The molecule has 78 valence electrons. The predicted octanol–water partition coefficient (Wildman–Crippen LogP) is 3.76. The van der Waals surface area contributed by atoms with Crippen molar-refractivity contribution in [3.8, 4) is 0 Å². The summed E-state index contributed by atoms with van der Waals surface area (Å²) in [5, 5.41) is 3.52. The molecule has 0 amide bonds. The largest absolute Gasteiger partial charge is 0.382 e. The fourth-order valence-corrected chi connectivity index (χ4v) is 1.49. The van der Waals surface area contributed by atoms with E-state index in [2.05, 4.69) is 58.1 Å². The Morgan fingerprint density at radius 3 is 1.86 bits per heavy atom. The Balaban J connectivity index is 2.76. The van der Waals surface area contributed by atoms with Gasteiger partial charge in [0.2, 0.25) is 0 Å². The van der Waals surface area contributed by atoms with Crippen LogP contribution in [0.2, 0.25) is 0 Å². The minimum Gasteiger partial charge on any atom is -0.382 e. The van der Waals surface area contributed by atoms with E-state index in [0.29, 0.717) is 12.0 Å². The van der Waals surface area contributed by atoms with Gasteiger partial charge < -0.3 is 5.32 Å². The maximum atomic E-state index is 3.52. The van der Waals surface area contributed by atoms with E-state index >= 15 is 0 Å². The van der Waals surface area contributed by atoms with Gasteiger partial charge in [-0.2, -0.15) is 0 Å². The molecule has 0 heterocycles. The zero-order valence-electron chi connectivity index (χ0n) is 9.89. The molecular weight excluding hydrogens is 170 g/mol. The van der Waals surface area contributed by atoms with Crippen LogP contribution in [0.5, 0.6) is 0 Å². The maximum Gasteiger partial charge on any atom is 0.0347 e. The first kappa shape index (κ1) is 11.1. The molecule has 0 saturated heterocycles. The summed E-state index contributed by atoms with van der Waals surface area (Å²) in [6.07, 6.45) is 0. The van der Waals surface area contributed by atoms with Crippen molar-refractivity contribution in [2.24, 2.45) is 5.92 Å². The van der Waals surface area contributed by atoms with E-state index in [1.165, 1.54) is 16.8 Å². The summed E-state index contributed by atoms with van der Waals surface area (Å²) < 4.78 is 0. The second-order valence-corrected chi connectivity index (χ2v) is 4.55. The number of anilines is 1. The van der Waals surface area contributed by atoms with Crippen LogP contribution in [0.15, 0.2) is 18.2 Å². The average molecular weight is 191 g/mol. The highest BCUT2D eigenvalue weighted by Gasteiger charge is 2.06. The van der Waals surface area contributed by atoms with Gasteiger partial charge in [0, 0.05) is 11.7 Å². The summed E-state index contributed by atoms with van der Waals surface area (Å²) in [6, 6.07) is 7.12. The van der Waals surface area contributed by atoms with E-state index in [-0.39, 0.29) is 0 Å². The number of rotatable bonds is 3. The van der Waals surface area contributed by atoms with Gasteiger partial charge in [-0.25, -0.2) is 0 Å². The molecule has 0 spiro atoms. The third-order valence-electron chi connectivity index (χ3n) is 2.62. The molecule has 1 aromatic rings. The zero-order valence-corrected chi connectivity index (χ0v) is 9.89. The summed E-state index contributed by atoms with van der Waals surface area (Å²) in [5.41, 5.74) is 3.88. The van der Waals surface area contributed by atoms with Gasteiger partial charge in [-0.15, -0.1) is 0 Å².